The van der Waals surface area contributed by atoms with Crippen LogP contribution in [0.25, 0.3) is 0 Å². The van der Waals surface area contributed by atoms with E-state index >= 15 is 0 Å². The average Bonchev–Trinajstić information content (AvgIpc) is 2.83. The maximum atomic E-state index is 13.4. The van der Waals surface area contributed by atoms with Crippen LogP contribution in [0.3, 0.4) is 0 Å². The summed E-state index contributed by atoms with van der Waals surface area (Å²) in [5.41, 5.74) is 1.73. The summed E-state index contributed by atoms with van der Waals surface area (Å²) in [6.07, 6.45) is 0. The van der Waals surface area contributed by atoms with Gasteiger partial charge in [-0.15, -0.1) is 11.3 Å². The van der Waals surface area contributed by atoms with Gasteiger partial charge >= 0.3 is 0 Å². The van der Waals surface area contributed by atoms with E-state index in [0.717, 1.165) is 10.4 Å². The molecule has 0 aliphatic heterocycles. The van der Waals surface area contributed by atoms with Gasteiger partial charge in [0.25, 0.3) is 5.91 Å². The van der Waals surface area contributed by atoms with Crippen LogP contribution >= 0.6 is 11.3 Å². The van der Waals surface area contributed by atoms with Gasteiger partial charge in [-0.25, -0.2) is 4.39 Å². The van der Waals surface area contributed by atoms with Crippen LogP contribution in [0, 0.1) is 31.5 Å². The third-order valence-corrected chi connectivity index (χ3v) is 4.09. The highest BCUT2D eigenvalue weighted by atomic mass is 32.1. The Hall–Kier alpha value is -2.16. The molecule has 2 aromatic rings. The number of nitrogens with one attached hydrogen (secondary N) is 1. The Morgan fingerprint density at radius 2 is 2.19 bits per heavy atom. The molecule has 0 saturated carbocycles. The number of rotatable bonds is 2. The molecule has 1 aromatic carbocycles. The zero-order valence-electron chi connectivity index (χ0n) is 11.7. The number of carbonyl (C=O) groups excluding carboxylic acids is 1. The first-order chi connectivity index (χ1) is 10.0. The second kappa shape index (κ2) is 6.53. The molecule has 0 fully saturated rings. The molecule has 5 heteroatoms. The summed E-state index contributed by atoms with van der Waals surface area (Å²) in [6.45, 7) is 3.24. The first kappa shape index (κ1) is 15.2. The average molecular weight is 303 g/mol. The van der Waals surface area contributed by atoms with E-state index in [2.05, 4.69) is 17.2 Å². The number of carbonyl (C=O) groups is 1. The summed E-state index contributed by atoms with van der Waals surface area (Å²) in [5.74, 6) is 4.71. The minimum absolute atomic E-state index is 0.221. The smallest absolute Gasteiger partial charge is 0.265 e. The lowest BCUT2D eigenvalue weighted by molar-refractivity contribution is 0.103. The highest BCUT2D eigenvalue weighted by molar-refractivity contribution is 7.14. The fourth-order valence-electron chi connectivity index (χ4n) is 1.76. The van der Waals surface area contributed by atoms with Crippen molar-refractivity contribution in [1.82, 2.24) is 0 Å². The summed E-state index contributed by atoms with van der Waals surface area (Å²) < 4.78 is 13.4. The van der Waals surface area contributed by atoms with Crippen molar-refractivity contribution in [2.75, 3.05) is 11.9 Å². The van der Waals surface area contributed by atoms with Crippen LogP contribution < -0.4 is 5.32 Å². The lowest BCUT2D eigenvalue weighted by Crippen LogP contribution is -2.11. The predicted molar refractivity (Wildman–Crippen MR) is 82.1 cm³/mol. The van der Waals surface area contributed by atoms with E-state index in [-0.39, 0.29) is 18.3 Å². The molecular weight excluding hydrogens is 289 g/mol. The van der Waals surface area contributed by atoms with E-state index < -0.39 is 0 Å². The number of amides is 1. The van der Waals surface area contributed by atoms with E-state index in [1.807, 2.05) is 6.92 Å². The molecule has 0 atom stereocenters. The third-order valence-electron chi connectivity index (χ3n) is 2.94. The first-order valence-electron chi connectivity index (χ1n) is 6.29. The summed E-state index contributed by atoms with van der Waals surface area (Å²) in [5, 5.41) is 11.4. The van der Waals surface area contributed by atoms with Gasteiger partial charge in [0.15, 0.2) is 0 Å². The standard InChI is InChI=1S/C16H14FNO2S/c1-10-9-15(21-14(10)7-4-8-19)16(20)18-13-6-3-5-12(17)11(13)2/h3,5-6,9,19H,8H2,1-2H3,(H,18,20). The van der Waals surface area contributed by atoms with Gasteiger partial charge in [0, 0.05) is 11.3 Å². The van der Waals surface area contributed by atoms with E-state index in [4.69, 9.17) is 5.11 Å². The molecule has 1 amide bonds. The molecule has 3 nitrogen and oxygen atoms in total. The van der Waals surface area contributed by atoms with Crippen molar-refractivity contribution >= 4 is 22.9 Å². The molecule has 108 valence electrons. The number of benzene rings is 1. The number of anilines is 1. The van der Waals surface area contributed by atoms with Crippen molar-refractivity contribution in [2.24, 2.45) is 0 Å². The zero-order valence-corrected chi connectivity index (χ0v) is 12.5. The Bertz CT molecular complexity index is 740. The topological polar surface area (TPSA) is 49.3 Å². The van der Waals surface area contributed by atoms with Gasteiger partial charge in [0.1, 0.15) is 12.4 Å². The fraction of sp³-hybridized carbons (Fsp3) is 0.188. The van der Waals surface area contributed by atoms with Crippen molar-refractivity contribution in [3.8, 4) is 11.8 Å². The van der Waals surface area contributed by atoms with Crippen LogP contribution in [0.15, 0.2) is 24.3 Å². The van der Waals surface area contributed by atoms with Crippen LogP contribution in [-0.2, 0) is 0 Å². The molecule has 1 aromatic heterocycles. The van der Waals surface area contributed by atoms with Crippen LogP contribution in [-0.4, -0.2) is 17.6 Å². The quantitative estimate of drug-likeness (QED) is 0.838. The van der Waals surface area contributed by atoms with Gasteiger partial charge in [-0.2, -0.15) is 0 Å². The Labute approximate surface area is 126 Å². The summed E-state index contributed by atoms with van der Waals surface area (Å²) >= 11 is 1.25. The number of thiophene rings is 1. The molecule has 2 N–H and O–H groups in total. The van der Waals surface area contributed by atoms with Crippen molar-refractivity contribution in [2.45, 2.75) is 13.8 Å². The van der Waals surface area contributed by atoms with Crippen molar-refractivity contribution in [3.05, 3.63) is 51.0 Å². The minimum Gasteiger partial charge on any atom is -0.384 e. The highest BCUT2D eigenvalue weighted by Gasteiger charge is 2.13. The van der Waals surface area contributed by atoms with E-state index in [0.29, 0.717) is 16.1 Å². The largest absolute Gasteiger partial charge is 0.384 e. The van der Waals surface area contributed by atoms with Gasteiger partial charge in [-0.05, 0) is 37.6 Å². The van der Waals surface area contributed by atoms with Crippen LogP contribution in [0.1, 0.15) is 25.7 Å². The molecule has 1 heterocycles. The van der Waals surface area contributed by atoms with Crippen LogP contribution in [0.5, 0.6) is 0 Å². The SMILES string of the molecule is Cc1cc(C(=O)Nc2cccc(F)c2C)sc1C#CCO. The summed E-state index contributed by atoms with van der Waals surface area (Å²) in [4.78, 5) is 13.4. The number of halogens is 1. The van der Waals surface area contributed by atoms with Crippen molar-refractivity contribution in [3.63, 3.8) is 0 Å². The van der Waals surface area contributed by atoms with E-state index in [1.54, 1.807) is 25.1 Å². The summed E-state index contributed by atoms with van der Waals surface area (Å²) in [7, 11) is 0. The Morgan fingerprint density at radius 3 is 2.90 bits per heavy atom. The molecule has 0 bridgehead atoms. The Morgan fingerprint density at radius 1 is 1.43 bits per heavy atom. The second-order valence-corrected chi connectivity index (χ2v) is 5.50. The van der Waals surface area contributed by atoms with E-state index in [9.17, 15) is 9.18 Å². The normalized spacial score (nSPS) is 9.90. The molecule has 0 radical (unpaired) electrons. The number of aliphatic hydroxyl groups is 1. The van der Waals surface area contributed by atoms with Gasteiger partial charge in [0.2, 0.25) is 0 Å². The minimum atomic E-state index is -0.357. The monoisotopic (exact) mass is 303 g/mol. The lowest BCUT2D eigenvalue weighted by atomic mass is 10.2. The third kappa shape index (κ3) is 3.48. The van der Waals surface area contributed by atoms with Crippen LogP contribution in [0.4, 0.5) is 10.1 Å². The molecule has 21 heavy (non-hydrogen) atoms. The molecule has 0 aliphatic carbocycles. The van der Waals surface area contributed by atoms with E-state index in [1.165, 1.54) is 17.4 Å². The van der Waals surface area contributed by atoms with Crippen molar-refractivity contribution in [1.29, 1.82) is 0 Å². The summed E-state index contributed by atoms with van der Waals surface area (Å²) in [6, 6.07) is 6.29. The molecule has 0 unspecified atom stereocenters. The molecular formula is C16H14FNO2S. The second-order valence-electron chi connectivity index (χ2n) is 4.45. The maximum absolute atomic E-state index is 13.4. The molecule has 2 rings (SSSR count). The number of hydrogen-bond acceptors (Lipinski definition) is 3. The van der Waals surface area contributed by atoms with Crippen molar-refractivity contribution < 1.29 is 14.3 Å². The highest BCUT2D eigenvalue weighted by Crippen LogP contribution is 2.23. The Kier molecular flexibility index (Phi) is 4.73. The zero-order chi connectivity index (χ0) is 15.4. The number of hydrogen-bond donors (Lipinski definition) is 2. The van der Waals surface area contributed by atoms with Gasteiger partial charge in [0.05, 0.1) is 9.75 Å². The molecule has 0 aliphatic rings. The van der Waals surface area contributed by atoms with Gasteiger partial charge in [-0.1, -0.05) is 17.9 Å². The molecule has 0 spiro atoms. The predicted octanol–water partition coefficient (Wildman–Crippen LogP) is 3.10. The first-order valence-corrected chi connectivity index (χ1v) is 7.11. The number of aliphatic hydroxyl groups excluding tert-OH is 1. The van der Waals surface area contributed by atoms with Gasteiger partial charge < -0.3 is 10.4 Å². The maximum Gasteiger partial charge on any atom is 0.265 e. The van der Waals surface area contributed by atoms with Crippen LogP contribution in [0.2, 0.25) is 0 Å². The lowest BCUT2D eigenvalue weighted by Gasteiger charge is -2.07. The fourth-order valence-corrected chi connectivity index (χ4v) is 2.71. The Balaban J connectivity index is 2.23. The van der Waals surface area contributed by atoms with Gasteiger partial charge in [-0.3, -0.25) is 4.79 Å². The number of aryl methyl sites for hydroxylation is 1. The molecule has 0 saturated heterocycles.